The van der Waals surface area contributed by atoms with Crippen LogP contribution in [0.5, 0.6) is 0 Å². The van der Waals surface area contributed by atoms with Gasteiger partial charge in [0.25, 0.3) is 5.91 Å². The largest absolute Gasteiger partial charge is 0.285 e. The van der Waals surface area contributed by atoms with Gasteiger partial charge >= 0.3 is 0 Å². The first kappa shape index (κ1) is 14.6. The van der Waals surface area contributed by atoms with Crippen molar-refractivity contribution >= 4 is 29.1 Å². The van der Waals surface area contributed by atoms with Crippen LogP contribution in [0.15, 0.2) is 12.1 Å². The van der Waals surface area contributed by atoms with Gasteiger partial charge in [-0.25, -0.2) is 9.99 Å². The first-order chi connectivity index (χ1) is 8.99. The molecule has 4 nitrogen and oxygen atoms in total. The molecule has 0 radical (unpaired) electrons. The lowest BCUT2D eigenvalue weighted by Gasteiger charge is -2.38. The third-order valence-corrected chi connectivity index (χ3v) is 3.97. The zero-order chi connectivity index (χ0) is 14.0. The quantitative estimate of drug-likeness (QED) is 0.853. The van der Waals surface area contributed by atoms with E-state index in [1.165, 1.54) is 6.42 Å². The molecule has 1 N–H and O–H groups in total. The van der Waals surface area contributed by atoms with Crippen molar-refractivity contribution in [1.82, 2.24) is 15.4 Å². The van der Waals surface area contributed by atoms with Gasteiger partial charge < -0.3 is 0 Å². The van der Waals surface area contributed by atoms with Gasteiger partial charge in [0.05, 0.1) is 5.02 Å². The standard InChI is InChI=1S/C13H17Cl2N3O/c1-8-4-3-5-9(2)18(8)17-13(19)12-10(14)6-7-11(15)16-12/h6-9H,3-5H2,1-2H3,(H,17,19). The van der Waals surface area contributed by atoms with Crippen LogP contribution in [0.2, 0.25) is 10.2 Å². The van der Waals surface area contributed by atoms with Crippen molar-refractivity contribution in [3.63, 3.8) is 0 Å². The molecule has 1 aromatic rings. The maximum absolute atomic E-state index is 12.2. The molecule has 1 amide bonds. The lowest BCUT2D eigenvalue weighted by molar-refractivity contribution is 0.0366. The number of aromatic nitrogens is 1. The van der Waals surface area contributed by atoms with Crippen LogP contribution in [-0.2, 0) is 0 Å². The van der Waals surface area contributed by atoms with Crippen molar-refractivity contribution in [2.45, 2.75) is 45.2 Å². The van der Waals surface area contributed by atoms with Crippen LogP contribution in [-0.4, -0.2) is 28.0 Å². The Hall–Kier alpha value is -0.840. The van der Waals surface area contributed by atoms with Gasteiger partial charge in [-0.2, -0.15) is 0 Å². The summed E-state index contributed by atoms with van der Waals surface area (Å²) in [5, 5.41) is 2.54. The molecule has 0 aromatic carbocycles. The minimum absolute atomic E-state index is 0.166. The van der Waals surface area contributed by atoms with Crippen molar-refractivity contribution in [2.75, 3.05) is 0 Å². The molecule has 6 heteroatoms. The van der Waals surface area contributed by atoms with E-state index in [0.29, 0.717) is 17.1 Å². The SMILES string of the molecule is CC1CCCC(C)N1NC(=O)c1nc(Cl)ccc1Cl. The smallest absolute Gasteiger partial charge is 0.283 e. The number of pyridine rings is 1. The number of hydrazine groups is 1. The maximum atomic E-state index is 12.2. The highest BCUT2D eigenvalue weighted by molar-refractivity contribution is 6.34. The van der Waals surface area contributed by atoms with Gasteiger partial charge in [0.15, 0.2) is 0 Å². The monoisotopic (exact) mass is 301 g/mol. The van der Waals surface area contributed by atoms with E-state index < -0.39 is 0 Å². The normalized spacial score (nSPS) is 24.2. The van der Waals surface area contributed by atoms with Crippen molar-refractivity contribution in [2.24, 2.45) is 0 Å². The predicted molar refractivity (Wildman–Crippen MR) is 76.3 cm³/mol. The van der Waals surface area contributed by atoms with Gasteiger partial charge in [-0.3, -0.25) is 10.2 Å². The van der Waals surface area contributed by atoms with Crippen LogP contribution in [0.4, 0.5) is 0 Å². The third-order valence-electron chi connectivity index (χ3n) is 3.45. The Morgan fingerprint density at radius 2 is 1.95 bits per heavy atom. The molecule has 0 aliphatic carbocycles. The van der Waals surface area contributed by atoms with E-state index in [9.17, 15) is 4.79 Å². The van der Waals surface area contributed by atoms with Crippen molar-refractivity contribution in [1.29, 1.82) is 0 Å². The fourth-order valence-corrected chi connectivity index (χ4v) is 2.73. The first-order valence-electron chi connectivity index (χ1n) is 6.40. The number of nitrogens with one attached hydrogen (secondary N) is 1. The van der Waals surface area contributed by atoms with Gasteiger partial charge in [0, 0.05) is 12.1 Å². The summed E-state index contributed by atoms with van der Waals surface area (Å²) < 4.78 is 0. The second-order valence-electron chi connectivity index (χ2n) is 4.94. The van der Waals surface area contributed by atoms with E-state index in [-0.39, 0.29) is 16.8 Å². The Bertz CT molecular complexity index is 471. The molecule has 2 unspecified atom stereocenters. The van der Waals surface area contributed by atoms with E-state index in [1.54, 1.807) is 12.1 Å². The van der Waals surface area contributed by atoms with Crippen LogP contribution >= 0.6 is 23.2 Å². The van der Waals surface area contributed by atoms with E-state index >= 15 is 0 Å². The Labute approximate surface area is 123 Å². The number of rotatable bonds is 2. The zero-order valence-electron chi connectivity index (χ0n) is 11.0. The third kappa shape index (κ3) is 3.38. The summed E-state index contributed by atoms with van der Waals surface area (Å²) in [5.74, 6) is -0.312. The molecule has 0 spiro atoms. The Morgan fingerprint density at radius 3 is 2.58 bits per heavy atom. The molecule has 2 heterocycles. The van der Waals surface area contributed by atoms with Crippen LogP contribution < -0.4 is 5.43 Å². The predicted octanol–water partition coefficient (Wildman–Crippen LogP) is 3.30. The molecule has 2 rings (SSSR count). The minimum atomic E-state index is -0.312. The summed E-state index contributed by atoms with van der Waals surface area (Å²) in [6.45, 7) is 4.20. The molecule has 1 saturated heterocycles. The lowest BCUT2D eigenvalue weighted by Crippen LogP contribution is -2.54. The maximum Gasteiger partial charge on any atom is 0.285 e. The second kappa shape index (κ2) is 6.07. The minimum Gasteiger partial charge on any atom is -0.283 e. The molecule has 1 aliphatic heterocycles. The lowest BCUT2D eigenvalue weighted by atomic mass is 10.00. The highest BCUT2D eigenvalue weighted by atomic mass is 35.5. The molecule has 104 valence electrons. The van der Waals surface area contributed by atoms with Gasteiger partial charge in [-0.15, -0.1) is 0 Å². The summed E-state index contributed by atoms with van der Waals surface area (Å²) >= 11 is 11.8. The number of nitrogens with zero attached hydrogens (tertiary/aromatic N) is 2. The Balaban J connectivity index is 2.14. The average molecular weight is 302 g/mol. The Morgan fingerprint density at radius 1 is 1.32 bits per heavy atom. The van der Waals surface area contributed by atoms with Crippen molar-refractivity contribution in [3.05, 3.63) is 28.0 Å². The number of amides is 1. The van der Waals surface area contributed by atoms with E-state index in [2.05, 4.69) is 24.3 Å². The molecular weight excluding hydrogens is 285 g/mol. The van der Waals surface area contributed by atoms with Crippen molar-refractivity contribution in [3.8, 4) is 0 Å². The van der Waals surface area contributed by atoms with E-state index in [4.69, 9.17) is 23.2 Å². The average Bonchev–Trinajstić information content (AvgIpc) is 2.37. The van der Waals surface area contributed by atoms with Crippen LogP contribution in [0, 0.1) is 0 Å². The van der Waals surface area contributed by atoms with Gasteiger partial charge in [0.1, 0.15) is 10.8 Å². The first-order valence-corrected chi connectivity index (χ1v) is 7.16. The molecular formula is C13H17Cl2N3O. The van der Waals surface area contributed by atoms with Crippen LogP contribution in [0.3, 0.4) is 0 Å². The van der Waals surface area contributed by atoms with Crippen LogP contribution in [0.25, 0.3) is 0 Å². The van der Waals surface area contributed by atoms with Gasteiger partial charge in [-0.05, 0) is 38.8 Å². The summed E-state index contributed by atoms with van der Waals surface area (Å²) in [6, 6.07) is 3.76. The number of carbonyl (C=O) groups excluding carboxylic acids is 1. The number of hydrogen-bond acceptors (Lipinski definition) is 3. The van der Waals surface area contributed by atoms with E-state index in [0.717, 1.165) is 12.8 Å². The molecule has 0 bridgehead atoms. The van der Waals surface area contributed by atoms with Crippen molar-refractivity contribution < 1.29 is 4.79 Å². The summed E-state index contributed by atoms with van der Waals surface area (Å²) in [4.78, 5) is 16.2. The fourth-order valence-electron chi connectivity index (χ4n) is 2.39. The summed E-state index contributed by atoms with van der Waals surface area (Å²) in [7, 11) is 0. The fraction of sp³-hybridized carbons (Fsp3) is 0.538. The molecule has 1 fully saturated rings. The zero-order valence-corrected chi connectivity index (χ0v) is 12.5. The molecule has 1 aromatic heterocycles. The second-order valence-corrected chi connectivity index (χ2v) is 5.74. The summed E-state index contributed by atoms with van der Waals surface area (Å²) in [5.41, 5.74) is 3.06. The highest BCUT2D eigenvalue weighted by Gasteiger charge is 2.27. The molecule has 19 heavy (non-hydrogen) atoms. The number of halogens is 2. The number of carbonyl (C=O) groups is 1. The van der Waals surface area contributed by atoms with Crippen LogP contribution in [0.1, 0.15) is 43.6 Å². The molecule has 1 aliphatic rings. The topological polar surface area (TPSA) is 45.2 Å². The Kier molecular flexibility index (Phi) is 4.66. The van der Waals surface area contributed by atoms with Gasteiger partial charge in [-0.1, -0.05) is 29.6 Å². The summed E-state index contributed by atoms with van der Waals surface area (Å²) in [6.07, 6.45) is 3.33. The highest BCUT2D eigenvalue weighted by Crippen LogP contribution is 2.22. The molecule has 0 saturated carbocycles. The number of piperidine rings is 1. The number of hydrogen-bond donors (Lipinski definition) is 1. The molecule has 2 atom stereocenters. The van der Waals surface area contributed by atoms with Gasteiger partial charge in [0.2, 0.25) is 0 Å². The van der Waals surface area contributed by atoms with E-state index in [1.807, 2.05) is 5.01 Å².